The van der Waals surface area contributed by atoms with E-state index in [1.54, 1.807) is 0 Å². The predicted molar refractivity (Wildman–Crippen MR) is 115 cm³/mol. The topological polar surface area (TPSA) is 120 Å². The van der Waals surface area contributed by atoms with Crippen molar-refractivity contribution < 1.29 is 27.5 Å². The molecule has 9 nitrogen and oxygen atoms in total. The molecule has 4 N–H and O–H groups in total. The maximum Gasteiger partial charge on any atom is 0.435 e. The number of anilines is 1. The highest BCUT2D eigenvalue weighted by Crippen LogP contribution is 2.31. The van der Waals surface area contributed by atoms with Crippen LogP contribution in [-0.4, -0.2) is 43.0 Å². The minimum absolute atomic E-state index is 0.0851. The first-order valence-corrected chi connectivity index (χ1v) is 10.4. The average molecular weight is 479 g/mol. The van der Waals surface area contributed by atoms with Gasteiger partial charge in [0.1, 0.15) is 11.6 Å². The number of rotatable bonds is 4. The number of nitrogens with one attached hydrogen (secondary N) is 3. The Morgan fingerprint density at radius 1 is 1.26 bits per heavy atom. The molecule has 1 aliphatic carbocycles. The molecule has 2 aromatic heterocycles. The molecule has 0 radical (unpaired) electrons. The Balaban J connectivity index is 1.59. The molecular formula is C21H21F4N7O2. The maximum absolute atomic E-state index is 14.2. The Morgan fingerprint density at radius 3 is 2.68 bits per heavy atom. The normalized spacial score (nSPS) is 15.0. The van der Waals surface area contributed by atoms with Crippen molar-refractivity contribution in [2.75, 3.05) is 5.32 Å². The first-order valence-electron chi connectivity index (χ1n) is 10.4. The van der Waals surface area contributed by atoms with E-state index in [2.05, 4.69) is 30.9 Å². The summed E-state index contributed by atoms with van der Waals surface area (Å²) in [4.78, 5) is 17.2. The number of phenolic OH excluding ortho intramolecular Hbond substituents is 1. The molecule has 0 spiro atoms. The smallest absolute Gasteiger partial charge is 0.435 e. The van der Waals surface area contributed by atoms with Gasteiger partial charge in [0.25, 0.3) is 5.91 Å². The summed E-state index contributed by atoms with van der Waals surface area (Å²) >= 11 is 0. The zero-order valence-corrected chi connectivity index (χ0v) is 17.9. The van der Waals surface area contributed by atoms with Gasteiger partial charge in [-0.3, -0.25) is 19.9 Å². The number of carbonyl (C=O) groups is 1. The number of nitrogens with zero attached hydrogens (tertiary/aromatic N) is 4. The molecule has 0 unspecified atom stereocenters. The molecule has 180 valence electrons. The molecule has 1 aliphatic rings. The largest absolute Gasteiger partial charge is 0.508 e. The van der Waals surface area contributed by atoms with Crippen molar-refractivity contribution >= 4 is 17.7 Å². The molecule has 3 aromatic rings. The lowest BCUT2D eigenvalue weighted by atomic mass is 10.1. The number of aromatic hydroxyl groups is 1. The Hall–Kier alpha value is -3.90. The van der Waals surface area contributed by atoms with Crippen LogP contribution in [0.1, 0.15) is 41.7 Å². The number of aromatic nitrogens is 4. The number of guanidine groups is 1. The monoisotopic (exact) mass is 479 g/mol. The van der Waals surface area contributed by atoms with Crippen molar-refractivity contribution in [3.05, 3.63) is 47.5 Å². The van der Waals surface area contributed by atoms with Crippen molar-refractivity contribution in [1.82, 2.24) is 25.3 Å². The number of H-pyrrole nitrogens is 1. The van der Waals surface area contributed by atoms with Gasteiger partial charge in [0.15, 0.2) is 11.5 Å². The van der Waals surface area contributed by atoms with Crippen molar-refractivity contribution in [1.29, 1.82) is 0 Å². The number of hydrogen-bond donors (Lipinski definition) is 4. The fourth-order valence-corrected chi connectivity index (χ4v) is 3.72. The number of hydrogen-bond acceptors (Lipinski definition) is 5. The highest BCUT2D eigenvalue weighted by Gasteiger charge is 2.39. The van der Waals surface area contributed by atoms with Crippen LogP contribution in [0.25, 0.3) is 11.3 Å². The van der Waals surface area contributed by atoms with E-state index in [-0.39, 0.29) is 34.8 Å². The van der Waals surface area contributed by atoms with E-state index in [1.807, 2.05) is 0 Å². The number of alkyl halides is 3. The van der Waals surface area contributed by atoms with Gasteiger partial charge in [0, 0.05) is 30.9 Å². The van der Waals surface area contributed by atoms with Crippen molar-refractivity contribution in [2.24, 2.45) is 12.0 Å². The molecule has 0 atom stereocenters. The van der Waals surface area contributed by atoms with Crippen LogP contribution in [0, 0.1) is 5.82 Å². The van der Waals surface area contributed by atoms with Crippen LogP contribution in [0.2, 0.25) is 0 Å². The summed E-state index contributed by atoms with van der Waals surface area (Å²) in [6, 6.07) is 4.94. The van der Waals surface area contributed by atoms with E-state index in [0.29, 0.717) is 0 Å². The minimum atomic E-state index is -4.81. The molecule has 0 aliphatic heterocycles. The highest BCUT2D eigenvalue weighted by atomic mass is 19.4. The minimum Gasteiger partial charge on any atom is -0.508 e. The fourth-order valence-electron chi connectivity index (χ4n) is 3.72. The van der Waals surface area contributed by atoms with Gasteiger partial charge in [-0.15, -0.1) is 0 Å². The predicted octanol–water partition coefficient (Wildman–Crippen LogP) is 3.81. The third-order valence-electron chi connectivity index (χ3n) is 5.28. The van der Waals surface area contributed by atoms with Crippen LogP contribution in [0.15, 0.2) is 35.5 Å². The van der Waals surface area contributed by atoms with Crippen molar-refractivity contribution in [3.63, 3.8) is 0 Å². The molecule has 0 saturated heterocycles. The molecule has 1 amide bonds. The SMILES string of the molecule is Cn1cc(C(=O)NC(=NC2CCCC2)Nc2cc(-c3ccc(O)cc3F)[nH]n2)c(C(F)(F)F)n1. The standard InChI is InChI=1S/C21H21F4N7O2/c1-32-10-14(18(31-32)21(23,24)25)19(34)28-20(26-11-4-2-3-5-11)27-17-9-16(29-30-17)13-7-6-12(33)8-15(13)22/h6-11,33H,2-5H2,1H3,(H3,26,27,28,29,30,34). The van der Waals surface area contributed by atoms with E-state index in [0.717, 1.165) is 42.6 Å². The molecule has 1 saturated carbocycles. The van der Waals surface area contributed by atoms with Gasteiger partial charge in [-0.2, -0.15) is 23.4 Å². The van der Waals surface area contributed by atoms with E-state index >= 15 is 0 Å². The second-order valence-corrected chi connectivity index (χ2v) is 7.89. The quantitative estimate of drug-likeness (QED) is 0.258. The molecule has 1 fully saturated rings. The number of phenols is 1. The zero-order valence-electron chi connectivity index (χ0n) is 17.9. The van der Waals surface area contributed by atoms with E-state index < -0.39 is 29.2 Å². The van der Waals surface area contributed by atoms with Gasteiger partial charge in [-0.1, -0.05) is 12.8 Å². The molecule has 1 aromatic carbocycles. The first kappa shape index (κ1) is 23.3. The van der Waals surface area contributed by atoms with E-state index in [9.17, 15) is 27.5 Å². The first-order chi connectivity index (χ1) is 16.1. The van der Waals surface area contributed by atoms with E-state index in [4.69, 9.17) is 0 Å². The lowest BCUT2D eigenvalue weighted by Gasteiger charge is -2.13. The summed E-state index contributed by atoms with van der Waals surface area (Å²) in [5.41, 5.74) is -1.54. The van der Waals surface area contributed by atoms with Crippen LogP contribution < -0.4 is 10.6 Å². The van der Waals surface area contributed by atoms with Gasteiger partial charge in [0.05, 0.1) is 17.3 Å². The van der Waals surface area contributed by atoms with E-state index in [1.165, 1.54) is 25.2 Å². The summed E-state index contributed by atoms with van der Waals surface area (Å²) in [5, 5.41) is 24.6. The summed E-state index contributed by atoms with van der Waals surface area (Å²) in [6.45, 7) is 0. The van der Waals surface area contributed by atoms with Gasteiger partial charge >= 0.3 is 6.18 Å². The highest BCUT2D eigenvalue weighted by molar-refractivity contribution is 6.10. The fraction of sp³-hybridized carbons (Fsp3) is 0.333. The Kier molecular flexibility index (Phi) is 6.26. The number of carbonyl (C=O) groups excluding carboxylic acids is 1. The molecule has 34 heavy (non-hydrogen) atoms. The molecule has 13 heteroatoms. The van der Waals surface area contributed by atoms with Crippen LogP contribution in [0.3, 0.4) is 0 Å². The van der Waals surface area contributed by atoms with Crippen LogP contribution in [0.4, 0.5) is 23.4 Å². The van der Waals surface area contributed by atoms with Crippen LogP contribution >= 0.6 is 0 Å². The van der Waals surface area contributed by atoms with Gasteiger partial charge in [-0.05, 0) is 25.0 Å². The van der Waals surface area contributed by atoms with Crippen LogP contribution in [-0.2, 0) is 13.2 Å². The lowest BCUT2D eigenvalue weighted by molar-refractivity contribution is -0.141. The summed E-state index contributed by atoms with van der Waals surface area (Å²) in [6.07, 6.45) is -0.397. The Bertz CT molecular complexity index is 1230. The molecular weight excluding hydrogens is 458 g/mol. The number of halogens is 4. The second kappa shape index (κ2) is 9.15. The van der Waals surface area contributed by atoms with Gasteiger partial charge < -0.3 is 10.4 Å². The lowest BCUT2D eigenvalue weighted by Crippen LogP contribution is -2.37. The molecule has 4 rings (SSSR count). The van der Waals surface area contributed by atoms with Crippen molar-refractivity contribution in [3.8, 4) is 17.0 Å². The number of amides is 1. The number of aromatic amines is 1. The van der Waals surface area contributed by atoms with Crippen LogP contribution in [0.5, 0.6) is 5.75 Å². The maximum atomic E-state index is 14.2. The summed E-state index contributed by atoms with van der Waals surface area (Å²) in [7, 11) is 1.28. The van der Waals surface area contributed by atoms with Gasteiger partial charge in [-0.25, -0.2) is 9.38 Å². The summed E-state index contributed by atoms with van der Waals surface area (Å²) in [5.74, 6) is -1.88. The second-order valence-electron chi connectivity index (χ2n) is 7.89. The third-order valence-corrected chi connectivity index (χ3v) is 5.28. The third kappa shape index (κ3) is 5.18. The average Bonchev–Trinajstić information content (AvgIpc) is 3.49. The Labute approximate surface area is 190 Å². The molecule has 2 heterocycles. The van der Waals surface area contributed by atoms with Gasteiger partial charge in [0.2, 0.25) is 5.96 Å². The Morgan fingerprint density at radius 2 is 2.00 bits per heavy atom. The number of aryl methyl sites for hydroxylation is 1. The number of benzene rings is 1. The van der Waals surface area contributed by atoms with Crippen molar-refractivity contribution in [2.45, 2.75) is 37.9 Å². The summed E-state index contributed by atoms with van der Waals surface area (Å²) < 4.78 is 55.0. The zero-order chi connectivity index (χ0) is 24.5. The molecule has 0 bridgehead atoms. The number of aliphatic imine (C=N–C) groups is 1.